The zero-order valence-electron chi connectivity index (χ0n) is 12.1. The fourth-order valence-electron chi connectivity index (χ4n) is 3.31. The third-order valence-corrected chi connectivity index (χ3v) is 4.41. The Morgan fingerprint density at radius 1 is 1.44 bits per heavy atom. The van der Waals surface area contributed by atoms with Crippen LogP contribution in [0, 0.1) is 11.8 Å². The molecule has 1 saturated heterocycles. The monoisotopic (exact) mass is 248 g/mol. The molecule has 0 aliphatic carbocycles. The van der Waals surface area contributed by atoms with Crippen molar-refractivity contribution in [2.24, 2.45) is 16.8 Å². The molecule has 100 valence electrons. The van der Waals surface area contributed by atoms with Gasteiger partial charge in [-0.1, -0.05) is 13.8 Å². The summed E-state index contributed by atoms with van der Waals surface area (Å²) in [6.07, 6.45) is 1.76. The predicted octanol–water partition coefficient (Wildman–Crippen LogP) is 3.04. The maximum atomic E-state index is 5.59. The van der Waals surface area contributed by atoms with Crippen molar-refractivity contribution >= 4 is 5.71 Å². The fourth-order valence-corrected chi connectivity index (χ4v) is 3.31. The van der Waals surface area contributed by atoms with Crippen molar-refractivity contribution in [2.75, 3.05) is 20.6 Å². The molecule has 0 bridgehead atoms. The lowest BCUT2D eigenvalue weighted by molar-refractivity contribution is 0.163. The Morgan fingerprint density at radius 3 is 2.72 bits per heavy atom. The van der Waals surface area contributed by atoms with Crippen molar-refractivity contribution in [3.63, 3.8) is 0 Å². The highest BCUT2D eigenvalue weighted by Gasteiger charge is 2.39. The summed E-state index contributed by atoms with van der Waals surface area (Å²) in [7, 11) is 4.13. The molecule has 1 aliphatic rings. The largest absolute Gasteiger partial charge is 0.469 e. The van der Waals surface area contributed by atoms with Crippen molar-refractivity contribution in [3.8, 4) is 0 Å². The van der Waals surface area contributed by atoms with Crippen LogP contribution in [0.5, 0.6) is 0 Å². The van der Waals surface area contributed by atoms with Gasteiger partial charge in [-0.3, -0.25) is 4.99 Å². The topological polar surface area (TPSA) is 28.7 Å². The van der Waals surface area contributed by atoms with E-state index >= 15 is 0 Å². The first-order valence-electron chi connectivity index (χ1n) is 6.76. The van der Waals surface area contributed by atoms with Crippen molar-refractivity contribution in [2.45, 2.75) is 32.7 Å². The van der Waals surface area contributed by atoms with Gasteiger partial charge in [0.2, 0.25) is 0 Å². The number of hydrogen-bond donors (Lipinski definition) is 0. The van der Waals surface area contributed by atoms with E-state index in [2.05, 4.69) is 43.8 Å². The van der Waals surface area contributed by atoms with Crippen molar-refractivity contribution in [3.05, 3.63) is 24.2 Å². The van der Waals surface area contributed by atoms with Crippen molar-refractivity contribution in [1.29, 1.82) is 0 Å². The van der Waals surface area contributed by atoms with Gasteiger partial charge in [0, 0.05) is 43.1 Å². The first-order valence-corrected chi connectivity index (χ1v) is 6.76. The van der Waals surface area contributed by atoms with Crippen molar-refractivity contribution < 1.29 is 4.42 Å². The standard InChI is InChI=1S/C15H24N2O/c1-10-9-17(5)12(3)14(15(10)16-4)11(2)13-7-6-8-18-13/h6-8,10-12,14H,9H2,1-5H3. The van der Waals surface area contributed by atoms with E-state index in [-0.39, 0.29) is 0 Å². The van der Waals surface area contributed by atoms with Crippen LogP contribution >= 0.6 is 0 Å². The quantitative estimate of drug-likeness (QED) is 0.805. The van der Waals surface area contributed by atoms with E-state index in [1.165, 1.54) is 5.71 Å². The van der Waals surface area contributed by atoms with Gasteiger partial charge < -0.3 is 9.32 Å². The second-order valence-corrected chi connectivity index (χ2v) is 5.56. The van der Waals surface area contributed by atoms with Gasteiger partial charge in [0.25, 0.3) is 0 Å². The van der Waals surface area contributed by atoms with Gasteiger partial charge >= 0.3 is 0 Å². The third kappa shape index (κ3) is 2.24. The van der Waals surface area contributed by atoms with E-state index in [4.69, 9.17) is 4.42 Å². The molecule has 4 atom stereocenters. The summed E-state index contributed by atoms with van der Waals surface area (Å²) < 4.78 is 5.59. The molecule has 0 radical (unpaired) electrons. The first-order chi connectivity index (χ1) is 8.56. The number of hydrogen-bond acceptors (Lipinski definition) is 3. The van der Waals surface area contributed by atoms with Crippen LogP contribution in [0.4, 0.5) is 0 Å². The minimum atomic E-state index is 0.374. The van der Waals surface area contributed by atoms with E-state index in [0.29, 0.717) is 23.8 Å². The molecule has 0 spiro atoms. The Morgan fingerprint density at radius 2 is 2.17 bits per heavy atom. The van der Waals surface area contributed by atoms with Crippen molar-refractivity contribution in [1.82, 2.24) is 4.90 Å². The van der Waals surface area contributed by atoms with Gasteiger partial charge in [-0.15, -0.1) is 0 Å². The highest BCUT2D eigenvalue weighted by atomic mass is 16.3. The van der Waals surface area contributed by atoms with E-state index < -0.39 is 0 Å². The lowest BCUT2D eigenvalue weighted by Crippen LogP contribution is -2.51. The van der Waals surface area contributed by atoms with Crippen LogP contribution in [0.25, 0.3) is 0 Å². The minimum Gasteiger partial charge on any atom is -0.469 e. The number of rotatable bonds is 2. The summed E-state index contributed by atoms with van der Waals surface area (Å²) in [6, 6.07) is 4.54. The average Bonchev–Trinajstić information content (AvgIpc) is 2.86. The van der Waals surface area contributed by atoms with Crippen LogP contribution in [0.2, 0.25) is 0 Å². The second-order valence-electron chi connectivity index (χ2n) is 5.56. The van der Waals surface area contributed by atoms with E-state index in [1.807, 2.05) is 13.1 Å². The van der Waals surface area contributed by atoms with Crippen LogP contribution in [0.3, 0.4) is 0 Å². The zero-order valence-corrected chi connectivity index (χ0v) is 12.1. The number of likely N-dealkylation sites (tertiary alicyclic amines) is 1. The predicted molar refractivity (Wildman–Crippen MR) is 75.2 cm³/mol. The van der Waals surface area contributed by atoms with Crippen LogP contribution in [0.1, 0.15) is 32.4 Å². The number of furan rings is 1. The fraction of sp³-hybridized carbons (Fsp3) is 0.667. The lowest BCUT2D eigenvalue weighted by atomic mass is 9.75. The van der Waals surface area contributed by atoms with E-state index in [9.17, 15) is 0 Å². The van der Waals surface area contributed by atoms with Crippen LogP contribution < -0.4 is 0 Å². The average molecular weight is 248 g/mol. The Labute approximate surface area is 110 Å². The van der Waals surface area contributed by atoms with Gasteiger partial charge in [0.05, 0.1) is 6.26 Å². The molecule has 0 amide bonds. The molecule has 3 nitrogen and oxygen atoms in total. The Kier molecular flexibility index (Phi) is 3.91. The molecule has 1 aliphatic heterocycles. The molecule has 0 N–H and O–H groups in total. The molecule has 2 heterocycles. The molecule has 1 aromatic heterocycles. The Hall–Kier alpha value is -1.09. The van der Waals surface area contributed by atoms with Gasteiger partial charge in [-0.25, -0.2) is 0 Å². The minimum absolute atomic E-state index is 0.374. The second kappa shape index (κ2) is 5.27. The van der Waals surface area contributed by atoms with Gasteiger partial charge in [0.1, 0.15) is 5.76 Å². The summed E-state index contributed by atoms with van der Waals surface area (Å²) in [5, 5.41) is 0. The summed E-state index contributed by atoms with van der Waals surface area (Å²) in [6.45, 7) is 7.90. The summed E-state index contributed by atoms with van der Waals surface area (Å²) in [5.74, 6) is 2.41. The molecule has 18 heavy (non-hydrogen) atoms. The van der Waals surface area contributed by atoms with Crippen LogP contribution in [0.15, 0.2) is 27.8 Å². The smallest absolute Gasteiger partial charge is 0.107 e. The molecule has 0 aromatic carbocycles. The normalized spacial score (nSPS) is 33.8. The van der Waals surface area contributed by atoms with Gasteiger partial charge in [-0.05, 0) is 26.1 Å². The molecule has 0 saturated carbocycles. The number of nitrogens with zero attached hydrogens (tertiary/aromatic N) is 2. The summed E-state index contributed by atoms with van der Waals surface area (Å²) >= 11 is 0. The first kappa shape index (κ1) is 13.3. The zero-order chi connectivity index (χ0) is 13.3. The lowest BCUT2D eigenvalue weighted by Gasteiger charge is -2.43. The van der Waals surface area contributed by atoms with Crippen LogP contribution in [-0.4, -0.2) is 37.3 Å². The Bertz CT molecular complexity index is 410. The molecule has 3 heteroatoms. The summed E-state index contributed by atoms with van der Waals surface area (Å²) in [5.41, 5.74) is 1.34. The SMILES string of the molecule is CN=C1C(C)CN(C)C(C)C1C(C)c1ccco1. The van der Waals surface area contributed by atoms with Gasteiger partial charge in [-0.2, -0.15) is 0 Å². The van der Waals surface area contributed by atoms with E-state index in [1.54, 1.807) is 6.26 Å². The molecular formula is C15H24N2O. The maximum Gasteiger partial charge on any atom is 0.107 e. The molecule has 2 rings (SSSR count). The molecule has 4 unspecified atom stereocenters. The number of piperidine rings is 1. The highest BCUT2D eigenvalue weighted by Crippen LogP contribution is 2.35. The molecular weight excluding hydrogens is 224 g/mol. The Balaban J connectivity index is 2.32. The third-order valence-electron chi connectivity index (χ3n) is 4.41. The number of aliphatic imine (C=N–C) groups is 1. The van der Waals surface area contributed by atoms with E-state index in [0.717, 1.165) is 12.3 Å². The highest BCUT2D eigenvalue weighted by molar-refractivity contribution is 5.91. The maximum absolute atomic E-state index is 5.59. The summed E-state index contributed by atoms with van der Waals surface area (Å²) in [4.78, 5) is 7.01. The molecule has 1 fully saturated rings. The molecule has 1 aromatic rings. The van der Waals surface area contributed by atoms with Crippen LogP contribution in [-0.2, 0) is 0 Å². The van der Waals surface area contributed by atoms with Gasteiger partial charge in [0.15, 0.2) is 0 Å².